The fourth-order valence-electron chi connectivity index (χ4n) is 1.76. The van der Waals surface area contributed by atoms with Crippen molar-refractivity contribution in [3.05, 3.63) is 21.9 Å². The molecule has 0 spiro atoms. The quantitative estimate of drug-likeness (QED) is 0.502. The highest BCUT2D eigenvalue weighted by molar-refractivity contribution is 7.09. The summed E-state index contributed by atoms with van der Waals surface area (Å²) in [5.74, 6) is 0.531. The number of fused-ring (bicyclic) bond motifs is 1. The van der Waals surface area contributed by atoms with Crippen LogP contribution in [0, 0.1) is 0 Å². The van der Waals surface area contributed by atoms with E-state index in [1.54, 1.807) is 24.6 Å². The molecule has 8 nitrogen and oxygen atoms in total. The largest absolute Gasteiger partial charge is 0.462 e. The van der Waals surface area contributed by atoms with Gasteiger partial charge in [0.15, 0.2) is 17.0 Å². The lowest BCUT2D eigenvalue weighted by Crippen LogP contribution is -2.05. The molecule has 10 heteroatoms. The van der Waals surface area contributed by atoms with Crippen molar-refractivity contribution in [2.75, 3.05) is 25.6 Å². The van der Waals surface area contributed by atoms with Crippen molar-refractivity contribution in [2.45, 2.75) is 6.54 Å². The average Bonchev–Trinajstić information content (AvgIpc) is 3.14. The molecule has 22 heavy (non-hydrogen) atoms. The normalized spacial score (nSPS) is 11.0. The molecule has 0 aliphatic heterocycles. The summed E-state index contributed by atoms with van der Waals surface area (Å²) in [5, 5.41) is 6.14. The Morgan fingerprint density at radius 2 is 2.23 bits per heavy atom. The second-order valence-corrected chi connectivity index (χ2v) is 5.52. The zero-order valence-corrected chi connectivity index (χ0v) is 13.2. The molecule has 0 saturated heterocycles. The molecule has 3 heterocycles. The van der Waals surface area contributed by atoms with E-state index in [2.05, 4.69) is 30.2 Å². The van der Waals surface area contributed by atoms with Crippen LogP contribution in [0.5, 0.6) is 6.01 Å². The highest BCUT2D eigenvalue weighted by atomic mass is 35.5. The SMILES string of the molecule is COCCOc1nc2c(NCc3nccs3)nc(Cl)nc2[nH]1. The fraction of sp³-hybridized carbons (Fsp3) is 0.333. The van der Waals surface area contributed by atoms with Crippen LogP contribution in [0.1, 0.15) is 5.01 Å². The molecule has 116 valence electrons. The molecule has 0 unspecified atom stereocenters. The monoisotopic (exact) mass is 340 g/mol. The Morgan fingerprint density at radius 1 is 1.32 bits per heavy atom. The molecule has 0 amide bonds. The Kier molecular flexibility index (Phi) is 4.66. The van der Waals surface area contributed by atoms with E-state index in [0.29, 0.717) is 42.8 Å². The standard InChI is InChI=1S/C12H13ClN6O2S/c1-20-3-4-21-12-16-8-9(15-6-7-14-2-5-22-7)17-11(13)18-10(8)19-12/h2,5H,3-4,6H2,1H3,(H2,15,16,17,18,19). The first-order valence-electron chi connectivity index (χ1n) is 6.43. The van der Waals surface area contributed by atoms with Gasteiger partial charge in [0, 0.05) is 18.7 Å². The van der Waals surface area contributed by atoms with Crippen LogP contribution in [-0.4, -0.2) is 45.2 Å². The minimum Gasteiger partial charge on any atom is -0.462 e. The number of H-pyrrole nitrogens is 1. The molecule has 3 rings (SSSR count). The van der Waals surface area contributed by atoms with Gasteiger partial charge in [0.2, 0.25) is 5.28 Å². The maximum atomic E-state index is 5.94. The van der Waals surface area contributed by atoms with Crippen LogP contribution in [0.25, 0.3) is 11.2 Å². The number of aromatic nitrogens is 5. The van der Waals surface area contributed by atoms with Crippen LogP contribution in [0.3, 0.4) is 0 Å². The number of ether oxygens (including phenoxy) is 2. The molecule has 2 N–H and O–H groups in total. The van der Waals surface area contributed by atoms with E-state index in [1.165, 1.54) is 0 Å². The van der Waals surface area contributed by atoms with Crippen molar-refractivity contribution in [1.82, 2.24) is 24.9 Å². The third-order valence-corrected chi connectivity index (χ3v) is 3.66. The summed E-state index contributed by atoms with van der Waals surface area (Å²) >= 11 is 7.49. The van der Waals surface area contributed by atoms with Crippen molar-refractivity contribution >= 4 is 39.9 Å². The van der Waals surface area contributed by atoms with Crippen LogP contribution in [-0.2, 0) is 11.3 Å². The number of halogens is 1. The number of hydrogen-bond donors (Lipinski definition) is 2. The van der Waals surface area contributed by atoms with Gasteiger partial charge in [-0.05, 0) is 11.6 Å². The number of hydrogen-bond acceptors (Lipinski definition) is 8. The number of nitrogens with one attached hydrogen (secondary N) is 2. The Labute approximate surface area is 134 Å². The predicted molar refractivity (Wildman–Crippen MR) is 83.5 cm³/mol. The number of rotatable bonds is 7. The Balaban J connectivity index is 1.81. The van der Waals surface area contributed by atoms with Crippen molar-refractivity contribution in [1.29, 1.82) is 0 Å². The van der Waals surface area contributed by atoms with Gasteiger partial charge in [-0.15, -0.1) is 11.3 Å². The van der Waals surface area contributed by atoms with E-state index in [-0.39, 0.29) is 5.28 Å². The molecule has 0 saturated carbocycles. The van der Waals surface area contributed by atoms with E-state index >= 15 is 0 Å². The molecular formula is C12H13ClN6O2S. The summed E-state index contributed by atoms with van der Waals surface area (Å²) in [6, 6.07) is 0.348. The highest BCUT2D eigenvalue weighted by Crippen LogP contribution is 2.23. The van der Waals surface area contributed by atoms with Gasteiger partial charge in [0.1, 0.15) is 11.6 Å². The summed E-state index contributed by atoms with van der Waals surface area (Å²) in [4.78, 5) is 19.8. The fourth-order valence-corrected chi connectivity index (χ4v) is 2.49. The molecule has 0 aliphatic carbocycles. The third kappa shape index (κ3) is 3.43. The topological polar surface area (TPSA) is 97.8 Å². The van der Waals surface area contributed by atoms with Gasteiger partial charge in [-0.25, -0.2) is 4.98 Å². The van der Waals surface area contributed by atoms with Crippen molar-refractivity contribution < 1.29 is 9.47 Å². The van der Waals surface area contributed by atoms with Gasteiger partial charge in [-0.2, -0.15) is 15.0 Å². The lowest BCUT2D eigenvalue weighted by molar-refractivity contribution is 0.141. The summed E-state index contributed by atoms with van der Waals surface area (Å²) in [7, 11) is 1.61. The second kappa shape index (κ2) is 6.86. The lowest BCUT2D eigenvalue weighted by atomic mass is 10.5. The van der Waals surface area contributed by atoms with Gasteiger partial charge in [-0.3, -0.25) is 4.98 Å². The first kappa shape index (κ1) is 14.9. The third-order valence-electron chi connectivity index (χ3n) is 2.71. The van der Waals surface area contributed by atoms with Gasteiger partial charge < -0.3 is 14.8 Å². The number of thiazole rings is 1. The predicted octanol–water partition coefficient (Wildman–Crippen LogP) is 2.10. The molecule has 0 atom stereocenters. The first-order valence-corrected chi connectivity index (χ1v) is 7.69. The molecule has 0 bridgehead atoms. The van der Waals surface area contributed by atoms with Crippen molar-refractivity contribution in [3.63, 3.8) is 0 Å². The average molecular weight is 341 g/mol. The second-order valence-electron chi connectivity index (χ2n) is 4.20. The van der Waals surface area contributed by atoms with E-state index in [1.807, 2.05) is 5.38 Å². The van der Waals surface area contributed by atoms with Gasteiger partial charge in [-0.1, -0.05) is 0 Å². The molecule has 0 fully saturated rings. The number of imidazole rings is 1. The number of nitrogens with zero attached hydrogens (tertiary/aromatic N) is 4. The van der Waals surface area contributed by atoms with Gasteiger partial charge in [0.25, 0.3) is 6.01 Å². The molecule has 3 aromatic rings. The van der Waals surface area contributed by atoms with Crippen LogP contribution in [0.15, 0.2) is 11.6 Å². The van der Waals surface area contributed by atoms with Crippen LogP contribution < -0.4 is 10.1 Å². The summed E-state index contributed by atoms with van der Waals surface area (Å²) in [5.41, 5.74) is 1.07. The van der Waals surface area contributed by atoms with E-state index in [0.717, 1.165) is 5.01 Å². The molecule has 0 aromatic carbocycles. The van der Waals surface area contributed by atoms with Crippen molar-refractivity contribution in [3.8, 4) is 6.01 Å². The number of anilines is 1. The zero-order valence-electron chi connectivity index (χ0n) is 11.7. The van der Waals surface area contributed by atoms with Crippen LogP contribution >= 0.6 is 22.9 Å². The van der Waals surface area contributed by atoms with Gasteiger partial charge >= 0.3 is 0 Å². The Bertz CT molecular complexity index is 747. The number of aromatic amines is 1. The van der Waals surface area contributed by atoms with Crippen LogP contribution in [0.2, 0.25) is 5.28 Å². The van der Waals surface area contributed by atoms with E-state index < -0.39 is 0 Å². The molecular weight excluding hydrogens is 328 g/mol. The van der Waals surface area contributed by atoms with E-state index in [9.17, 15) is 0 Å². The maximum Gasteiger partial charge on any atom is 0.296 e. The smallest absolute Gasteiger partial charge is 0.296 e. The molecule has 0 radical (unpaired) electrons. The van der Waals surface area contributed by atoms with Gasteiger partial charge in [0.05, 0.1) is 13.2 Å². The highest BCUT2D eigenvalue weighted by Gasteiger charge is 2.13. The lowest BCUT2D eigenvalue weighted by Gasteiger charge is -2.03. The molecule has 3 aromatic heterocycles. The molecule has 0 aliphatic rings. The van der Waals surface area contributed by atoms with Crippen molar-refractivity contribution in [2.24, 2.45) is 0 Å². The van der Waals surface area contributed by atoms with E-state index in [4.69, 9.17) is 21.1 Å². The Morgan fingerprint density at radius 3 is 3.00 bits per heavy atom. The number of methoxy groups -OCH3 is 1. The first-order chi connectivity index (χ1) is 10.8. The minimum atomic E-state index is 0.126. The summed E-state index contributed by atoms with van der Waals surface area (Å²) in [6.07, 6.45) is 1.75. The minimum absolute atomic E-state index is 0.126. The summed E-state index contributed by atoms with van der Waals surface area (Å²) in [6.45, 7) is 1.39. The zero-order chi connectivity index (χ0) is 15.4. The Hall–Kier alpha value is -1.97. The van der Waals surface area contributed by atoms with Crippen LogP contribution in [0.4, 0.5) is 5.82 Å². The maximum absolute atomic E-state index is 5.94. The summed E-state index contributed by atoms with van der Waals surface area (Å²) < 4.78 is 10.4.